The van der Waals surface area contributed by atoms with Crippen LogP contribution >= 0.6 is 11.8 Å². The van der Waals surface area contributed by atoms with Gasteiger partial charge in [-0.3, -0.25) is 9.98 Å². The summed E-state index contributed by atoms with van der Waals surface area (Å²) in [6.45, 7) is 4.40. The molecule has 0 bridgehead atoms. The van der Waals surface area contributed by atoms with Gasteiger partial charge in [0.1, 0.15) is 0 Å². The summed E-state index contributed by atoms with van der Waals surface area (Å²) in [5, 5.41) is 4.92. The number of benzene rings is 7. The van der Waals surface area contributed by atoms with Crippen LogP contribution in [0.5, 0.6) is 0 Å². The molecule has 2 heterocycles. The van der Waals surface area contributed by atoms with Crippen molar-refractivity contribution in [3.05, 3.63) is 211 Å². The van der Waals surface area contributed by atoms with Gasteiger partial charge in [0.2, 0.25) is 0 Å². The largest absolute Gasteiger partial charge is 0.302 e. The molecule has 7 aromatic carbocycles. The number of thioether (sulfide) groups is 1. The fourth-order valence-corrected chi connectivity index (χ4v) is 8.74. The van der Waals surface area contributed by atoms with Gasteiger partial charge in [-0.05, 0) is 63.9 Å². The average molecular weight is 738 g/mol. The van der Waals surface area contributed by atoms with E-state index in [0.717, 1.165) is 39.1 Å². The van der Waals surface area contributed by atoms with Crippen molar-refractivity contribution in [2.24, 2.45) is 9.98 Å². The molecule has 56 heavy (non-hydrogen) atoms. The van der Waals surface area contributed by atoms with Crippen LogP contribution in [0.15, 0.2) is 209 Å². The van der Waals surface area contributed by atoms with Crippen LogP contribution in [0.25, 0.3) is 66.1 Å². The van der Waals surface area contributed by atoms with Crippen molar-refractivity contribution in [1.82, 2.24) is 4.40 Å². The third-order valence-electron chi connectivity index (χ3n) is 10.5. The highest BCUT2D eigenvalue weighted by Gasteiger charge is 2.23. The molecule has 0 radical (unpaired) electrons. The zero-order chi connectivity index (χ0) is 37.8. The Kier molecular flexibility index (Phi) is 9.71. The molecular formula is C52H39N3S. The predicted octanol–water partition coefficient (Wildman–Crippen LogP) is 13.7. The SMILES string of the molecule is C=N/C=C(\C(=NCc1ccccc1)c1ccccc1)c1ccc(-c2ccc3c(-c4ccccc4)c(SC)n4c5ccccc5c(-c5ccccc5)c4c3c2)cc1. The Hall–Kier alpha value is -6.75. The normalized spacial score (nSPS) is 12.1. The van der Waals surface area contributed by atoms with Gasteiger partial charge < -0.3 is 4.40 Å². The smallest absolute Gasteiger partial charge is 0.0882 e. The van der Waals surface area contributed by atoms with E-state index in [0.29, 0.717) is 6.54 Å². The van der Waals surface area contributed by atoms with Crippen LogP contribution in [0, 0.1) is 0 Å². The standard InChI is InChI=1S/C52H39N3S/c1-53-35-46(50(41-23-13-6-14-24-41)54-34-36-17-7-3-8-18-36)38-29-27-37(28-30-38)42-31-32-43-45(33-42)51-48(39-19-9-4-10-20-39)44-25-15-16-26-47(44)55(51)52(56-2)49(43)40-21-11-5-12-22-40/h3-33,35H,1,34H2,2H3/b46-35-,54-50?. The van der Waals surface area contributed by atoms with Crippen molar-refractivity contribution in [2.45, 2.75) is 11.6 Å². The first kappa shape index (κ1) is 35.0. The van der Waals surface area contributed by atoms with Crippen LogP contribution in [-0.4, -0.2) is 23.1 Å². The molecule has 0 atom stereocenters. The van der Waals surface area contributed by atoms with E-state index < -0.39 is 0 Å². The summed E-state index contributed by atoms with van der Waals surface area (Å²) < 4.78 is 2.50. The van der Waals surface area contributed by atoms with E-state index in [1.165, 1.54) is 54.5 Å². The third kappa shape index (κ3) is 6.44. The van der Waals surface area contributed by atoms with Crippen LogP contribution in [-0.2, 0) is 6.54 Å². The molecule has 0 saturated carbocycles. The Bertz CT molecular complexity index is 2890. The van der Waals surface area contributed by atoms with Crippen LogP contribution in [0.4, 0.5) is 0 Å². The first-order chi connectivity index (χ1) is 27.7. The molecule has 0 unspecified atom stereocenters. The molecule has 0 amide bonds. The van der Waals surface area contributed by atoms with E-state index in [9.17, 15) is 0 Å². The minimum Gasteiger partial charge on any atom is -0.302 e. The van der Waals surface area contributed by atoms with Crippen molar-refractivity contribution in [3.8, 4) is 33.4 Å². The molecule has 0 aliphatic rings. The molecular weight excluding hydrogens is 699 g/mol. The molecule has 0 spiro atoms. The van der Waals surface area contributed by atoms with Crippen LogP contribution in [0.1, 0.15) is 16.7 Å². The number of rotatable bonds is 10. The maximum Gasteiger partial charge on any atom is 0.0882 e. The van der Waals surface area contributed by atoms with Crippen molar-refractivity contribution in [2.75, 3.05) is 6.26 Å². The van der Waals surface area contributed by atoms with E-state index in [-0.39, 0.29) is 0 Å². The zero-order valence-electron chi connectivity index (χ0n) is 31.1. The van der Waals surface area contributed by atoms with Crippen LogP contribution in [0.2, 0.25) is 0 Å². The fraction of sp³-hybridized carbons (Fsp3) is 0.0385. The predicted molar refractivity (Wildman–Crippen MR) is 241 cm³/mol. The van der Waals surface area contributed by atoms with Crippen LogP contribution in [0.3, 0.4) is 0 Å². The summed E-state index contributed by atoms with van der Waals surface area (Å²) in [6.07, 6.45) is 4.02. The third-order valence-corrected chi connectivity index (χ3v) is 11.2. The monoisotopic (exact) mass is 737 g/mol. The number of nitrogens with zero attached hydrogens (tertiary/aromatic N) is 3. The van der Waals surface area contributed by atoms with Gasteiger partial charge in [0.05, 0.1) is 28.3 Å². The molecule has 0 aliphatic carbocycles. The van der Waals surface area contributed by atoms with Gasteiger partial charge in [0.25, 0.3) is 0 Å². The first-order valence-electron chi connectivity index (χ1n) is 18.8. The number of allylic oxidation sites excluding steroid dienone is 1. The molecule has 0 fully saturated rings. The number of fused-ring (bicyclic) bond motifs is 5. The van der Waals surface area contributed by atoms with E-state index in [4.69, 9.17) is 4.99 Å². The van der Waals surface area contributed by atoms with Crippen molar-refractivity contribution < 1.29 is 0 Å². The minimum absolute atomic E-state index is 0.562. The highest BCUT2D eigenvalue weighted by atomic mass is 32.2. The summed E-state index contributed by atoms with van der Waals surface area (Å²) in [7, 11) is 0. The lowest BCUT2D eigenvalue weighted by Crippen LogP contribution is -2.06. The summed E-state index contributed by atoms with van der Waals surface area (Å²) >= 11 is 1.81. The zero-order valence-corrected chi connectivity index (χ0v) is 32.0. The summed E-state index contributed by atoms with van der Waals surface area (Å²) in [6, 6.07) is 66.9. The van der Waals surface area contributed by atoms with Gasteiger partial charge in [0, 0.05) is 39.2 Å². The number of aliphatic imine (C=N–C) groups is 2. The lowest BCUT2D eigenvalue weighted by atomic mass is 9.92. The second kappa shape index (κ2) is 15.5. The Balaban J connectivity index is 1.23. The molecule has 4 heteroatoms. The molecule has 268 valence electrons. The molecule has 0 N–H and O–H groups in total. The van der Waals surface area contributed by atoms with E-state index in [1.54, 1.807) is 11.8 Å². The second-order valence-corrected chi connectivity index (χ2v) is 14.6. The van der Waals surface area contributed by atoms with Gasteiger partial charge in [-0.1, -0.05) is 176 Å². The maximum atomic E-state index is 5.16. The summed E-state index contributed by atoms with van der Waals surface area (Å²) in [5.41, 5.74) is 14.7. The molecule has 0 saturated heterocycles. The van der Waals surface area contributed by atoms with Crippen LogP contribution < -0.4 is 0 Å². The Morgan fingerprint density at radius 2 is 1.14 bits per heavy atom. The maximum absolute atomic E-state index is 5.16. The van der Waals surface area contributed by atoms with E-state index in [2.05, 4.69) is 198 Å². The first-order valence-corrected chi connectivity index (χ1v) is 20.0. The topological polar surface area (TPSA) is 29.1 Å². The molecule has 3 nitrogen and oxygen atoms in total. The minimum atomic E-state index is 0.562. The van der Waals surface area contributed by atoms with Gasteiger partial charge in [-0.25, -0.2) is 0 Å². The van der Waals surface area contributed by atoms with E-state index in [1.807, 2.05) is 18.3 Å². The van der Waals surface area contributed by atoms with Gasteiger partial charge in [0.15, 0.2) is 0 Å². The highest BCUT2D eigenvalue weighted by molar-refractivity contribution is 7.98. The molecule has 9 rings (SSSR count). The van der Waals surface area contributed by atoms with Gasteiger partial charge in [-0.15, -0.1) is 11.8 Å². The van der Waals surface area contributed by atoms with E-state index >= 15 is 0 Å². The Labute approximate surface area is 332 Å². The highest BCUT2D eigenvalue weighted by Crippen LogP contribution is 2.47. The molecule has 2 aromatic heterocycles. The van der Waals surface area contributed by atoms with Crippen molar-refractivity contribution in [1.29, 1.82) is 0 Å². The number of aromatic nitrogens is 1. The number of hydrogen-bond acceptors (Lipinski definition) is 3. The average Bonchev–Trinajstić information content (AvgIpc) is 3.62. The number of pyridine rings is 1. The lowest BCUT2D eigenvalue weighted by Gasteiger charge is -2.18. The quantitative estimate of drug-likeness (QED) is 0.101. The number of hydrogen-bond donors (Lipinski definition) is 0. The molecule has 9 aromatic rings. The molecule has 0 aliphatic heterocycles. The Morgan fingerprint density at radius 1 is 0.554 bits per heavy atom. The van der Waals surface area contributed by atoms with Crippen molar-refractivity contribution in [3.63, 3.8) is 0 Å². The van der Waals surface area contributed by atoms with Crippen molar-refractivity contribution >= 4 is 57.0 Å². The Morgan fingerprint density at radius 3 is 1.80 bits per heavy atom. The summed E-state index contributed by atoms with van der Waals surface area (Å²) in [4.78, 5) is 9.42. The van der Waals surface area contributed by atoms with Gasteiger partial charge >= 0.3 is 0 Å². The fourth-order valence-electron chi connectivity index (χ4n) is 7.93. The number of para-hydroxylation sites is 1. The lowest BCUT2D eigenvalue weighted by molar-refractivity contribution is 1.07. The van der Waals surface area contributed by atoms with Gasteiger partial charge in [-0.2, -0.15) is 0 Å². The second-order valence-electron chi connectivity index (χ2n) is 13.8. The summed E-state index contributed by atoms with van der Waals surface area (Å²) in [5.74, 6) is 0.